The van der Waals surface area contributed by atoms with Crippen molar-refractivity contribution in [3.05, 3.63) is 102 Å². The molecule has 4 aromatic rings. The zero-order valence-corrected chi connectivity index (χ0v) is 24.0. The Morgan fingerprint density at radius 3 is 1.89 bits per heavy atom. The minimum atomic E-state index is -4.78. The Balaban J connectivity index is 1.54. The maximum Gasteiger partial charge on any atom is 0.573 e. The van der Waals surface area contributed by atoms with Crippen LogP contribution in [0.15, 0.2) is 91.0 Å². The molecule has 2 N–H and O–H groups in total. The average molecular weight is 608 g/mol. The highest BCUT2D eigenvalue weighted by molar-refractivity contribution is 5.94. The van der Waals surface area contributed by atoms with E-state index in [1.807, 2.05) is 36.4 Å². The smallest absolute Gasteiger partial charge is 0.494 e. The highest BCUT2D eigenvalue weighted by Gasteiger charge is 2.31. The van der Waals surface area contributed by atoms with Crippen LogP contribution in [-0.4, -0.2) is 36.5 Å². The second kappa shape index (κ2) is 15.0. The molecule has 10 heteroatoms. The predicted octanol–water partition coefficient (Wildman–Crippen LogP) is 7.88. The number of carboxylic acids is 1. The molecule has 4 aromatic carbocycles. The average Bonchev–Trinajstić information content (AvgIpc) is 3.00. The first-order valence-electron chi connectivity index (χ1n) is 14.1. The van der Waals surface area contributed by atoms with Crippen molar-refractivity contribution >= 4 is 11.9 Å². The first-order valence-corrected chi connectivity index (χ1v) is 14.1. The van der Waals surface area contributed by atoms with Gasteiger partial charge in [-0.3, -0.25) is 9.59 Å². The van der Waals surface area contributed by atoms with Crippen molar-refractivity contribution in [1.29, 1.82) is 0 Å². The molecule has 0 spiro atoms. The van der Waals surface area contributed by atoms with Crippen molar-refractivity contribution < 1.29 is 42.1 Å². The van der Waals surface area contributed by atoms with E-state index in [9.17, 15) is 22.8 Å². The van der Waals surface area contributed by atoms with Gasteiger partial charge >= 0.3 is 12.3 Å². The molecule has 7 nitrogen and oxygen atoms in total. The van der Waals surface area contributed by atoms with E-state index in [1.165, 1.54) is 12.1 Å². The maximum atomic E-state index is 12.6. The predicted molar refractivity (Wildman–Crippen MR) is 160 cm³/mol. The van der Waals surface area contributed by atoms with E-state index in [-0.39, 0.29) is 31.2 Å². The van der Waals surface area contributed by atoms with Gasteiger partial charge in [-0.15, -0.1) is 13.2 Å². The number of unbranched alkanes of at least 4 members (excludes halogenated alkanes) is 1. The molecule has 0 saturated heterocycles. The summed E-state index contributed by atoms with van der Waals surface area (Å²) in [5.74, 6) is -0.386. The SMILES string of the molecule is CCCCOc1ccc(-c2cc(OCc3ccc(C(=O)NCCC(=O)O)cc3)cc(-c3ccc(OC(F)(F)F)cc3)c2)cc1. The third-order valence-electron chi connectivity index (χ3n) is 6.53. The zero-order valence-electron chi connectivity index (χ0n) is 24.0. The summed E-state index contributed by atoms with van der Waals surface area (Å²) in [4.78, 5) is 22.9. The Labute approximate surface area is 253 Å². The number of aliphatic carboxylic acids is 1. The van der Waals surface area contributed by atoms with E-state index >= 15 is 0 Å². The van der Waals surface area contributed by atoms with Crippen molar-refractivity contribution in [1.82, 2.24) is 5.32 Å². The standard InChI is InChI=1S/C34H32F3NO6/c1-2-3-18-42-29-12-8-24(9-13-29)27-19-28(25-10-14-30(15-11-25)44-34(35,36)37)21-31(20-27)43-22-23-4-6-26(7-5-23)33(41)38-17-16-32(39)40/h4-15,19-21H,2-3,16-18,22H2,1H3,(H,38,41)(H,39,40). The molecular weight excluding hydrogens is 575 g/mol. The lowest BCUT2D eigenvalue weighted by Gasteiger charge is -2.14. The van der Waals surface area contributed by atoms with Crippen LogP contribution in [-0.2, 0) is 11.4 Å². The fraction of sp³-hybridized carbons (Fsp3) is 0.235. The largest absolute Gasteiger partial charge is 0.573 e. The molecule has 0 fully saturated rings. The fourth-order valence-corrected chi connectivity index (χ4v) is 4.25. The first-order chi connectivity index (χ1) is 21.1. The first kappa shape index (κ1) is 31.9. The Morgan fingerprint density at radius 1 is 0.750 bits per heavy atom. The van der Waals surface area contributed by atoms with Crippen molar-refractivity contribution in [3.63, 3.8) is 0 Å². The summed E-state index contributed by atoms with van der Waals surface area (Å²) in [5.41, 5.74) is 4.32. The lowest BCUT2D eigenvalue weighted by atomic mass is 9.98. The third-order valence-corrected chi connectivity index (χ3v) is 6.53. The van der Waals surface area contributed by atoms with Gasteiger partial charge in [-0.1, -0.05) is 49.7 Å². The van der Waals surface area contributed by atoms with Gasteiger partial charge in [-0.05, 0) is 88.8 Å². The molecule has 0 aliphatic rings. The molecule has 4 rings (SSSR count). The summed E-state index contributed by atoms with van der Waals surface area (Å²) in [6.07, 6.45) is -2.96. The van der Waals surface area contributed by atoms with Crippen molar-refractivity contribution in [2.24, 2.45) is 0 Å². The quantitative estimate of drug-likeness (QED) is 0.142. The van der Waals surface area contributed by atoms with E-state index in [4.69, 9.17) is 14.6 Å². The number of benzene rings is 4. The number of carbonyl (C=O) groups excluding carboxylic acids is 1. The number of hydrogen-bond donors (Lipinski definition) is 2. The van der Waals surface area contributed by atoms with Crippen LogP contribution in [0.5, 0.6) is 17.2 Å². The summed E-state index contributed by atoms with van der Waals surface area (Å²) < 4.78 is 53.9. The van der Waals surface area contributed by atoms with E-state index in [0.29, 0.717) is 23.5 Å². The second-order valence-electron chi connectivity index (χ2n) is 9.93. The number of carboxylic acid groups (broad SMARTS) is 1. The van der Waals surface area contributed by atoms with Gasteiger partial charge < -0.3 is 24.6 Å². The summed E-state index contributed by atoms with van der Waals surface area (Å²) in [5, 5.41) is 11.3. The topological polar surface area (TPSA) is 94.1 Å². The Hall–Kier alpha value is -4.99. The molecule has 0 aromatic heterocycles. The molecule has 0 heterocycles. The van der Waals surface area contributed by atoms with Crippen LogP contribution in [0.25, 0.3) is 22.3 Å². The second-order valence-corrected chi connectivity index (χ2v) is 9.93. The minimum Gasteiger partial charge on any atom is -0.494 e. The lowest BCUT2D eigenvalue weighted by molar-refractivity contribution is -0.274. The van der Waals surface area contributed by atoms with Gasteiger partial charge in [0.05, 0.1) is 13.0 Å². The molecule has 0 saturated carbocycles. The zero-order chi connectivity index (χ0) is 31.5. The number of halogens is 3. The normalized spacial score (nSPS) is 11.1. The maximum absolute atomic E-state index is 12.6. The molecule has 0 aliphatic heterocycles. The van der Waals surface area contributed by atoms with Gasteiger partial charge in [0, 0.05) is 12.1 Å². The molecule has 0 aliphatic carbocycles. The number of carbonyl (C=O) groups is 2. The van der Waals surface area contributed by atoms with Crippen LogP contribution >= 0.6 is 0 Å². The van der Waals surface area contributed by atoms with Crippen LogP contribution in [0.3, 0.4) is 0 Å². The van der Waals surface area contributed by atoms with E-state index in [0.717, 1.165) is 40.8 Å². The summed E-state index contributed by atoms with van der Waals surface area (Å²) in [6, 6.07) is 25.6. The van der Waals surface area contributed by atoms with Gasteiger partial charge in [0.25, 0.3) is 5.91 Å². The van der Waals surface area contributed by atoms with E-state index < -0.39 is 12.3 Å². The van der Waals surface area contributed by atoms with Crippen LogP contribution in [0.2, 0.25) is 0 Å². The number of nitrogens with one attached hydrogen (secondary N) is 1. The van der Waals surface area contributed by atoms with E-state index in [2.05, 4.69) is 17.0 Å². The van der Waals surface area contributed by atoms with Gasteiger partial charge in [0.15, 0.2) is 0 Å². The summed E-state index contributed by atoms with van der Waals surface area (Å²) in [6.45, 7) is 2.95. The van der Waals surface area contributed by atoms with Crippen LogP contribution in [0.1, 0.15) is 42.1 Å². The molecule has 0 atom stereocenters. The van der Waals surface area contributed by atoms with Crippen molar-refractivity contribution in [2.75, 3.05) is 13.2 Å². The molecular formula is C34H32F3NO6. The number of amides is 1. The van der Waals surface area contributed by atoms with Gasteiger partial charge in [0.2, 0.25) is 0 Å². The van der Waals surface area contributed by atoms with Crippen LogP contribution < -0.4 is 19.5 Å². The fourth-order valence-electron chi connectivity index (χ4n) is 4.25. The molecule has 0 bridgehead atoms. The number of ether oxygens (including phenoxy) is 3. The van der Waals surface area contributed by atoms with Gasteiger partial charge in [-0.2, -0.15) is 0 Å². The third kappa shape index (κ3) is 9.79. The van der Waals surface area contributed by atoms with Crippen LogP contribution in [0, 0.1) is 0 Å². The lowest BCUT2D eigenvalue weighted by Crippen LogP contribution is -2.25. The molecule has 44 heavy (non-hydrogen) atoms. The molecule has 230 valence electrons. The molecule has 0 unspecified atom stereocenters. The molecule has 0 radical (unpaired) electrons. The summed E-state index contributed by atoms with van der Waals surface area (Å²) >= 11 is 0. The van der Waals surface area contributed by atoms with Crippen molar-refractivity contribution in [3.8, 4) is 39.5 Å². The number of alkyl halides is 3. The van der Waals surface area contributed by atoms with Gasteiger partial charge in [0.1, 0.15) is 23.9 Å². The van der Waals surface area contributed by atoms with E-state index in [1.54, 1.807) is 42.5 Å². The summed E-state index contributed by atoms with van der Waals surface area (Å²) in [7, 11) is 0. The molecule has 1 amide bonds. The highest BCUT2D eigenvalue weighted by atomic mass is 19.4. The van der Waals surface area contributed by atoms with Crippen LogP contribution in [0.4, 0.5) is 13.2 Å². The van der Waals surface area contributed by atoms with Gasteiger partial charge in [-0.25, -0.2) is 0 Å². The Kier molecular flexibility index (Phi) is 10.9. The Bertz CT molecular complexity index is 1540. The number of hydrogen-bond acceptors (Lipinski definition) is 5. The number of rotatable bonds is 14. The Morgan fingerprint density at radius 2 is 1.34 bits per heavy atom. The monoisotopic (exact) mass is 607 g/mol. The minimum absolute atomic E-state index is 0.0321. The van der Waals surface area contributed by atoms with Crippen molar-refractivity contribution in [2.45, 2.75) is 39.2 Å². The highest BCUT2D eigenvalue weighted by Crippen LogP contribution is 2.34.